The zero-order valence-electron chi connectivity index (χ0n) is 19.4. The summed E-state index contributed by atoms with van der Waals surface area (Å²) in [7, 11) is 0. The molecule has 1 saturated carbocycles. The van der Waals surface area contributed by atoms with Crippen LogP contribution in [-0.4, -0.2) is 54.7 Å². The van der Waals surface area contributed by atoms with Crippen LogP contribution in [0.5, 0.6) is 5.88 Å². The van der Waals surface area contributed by atoms with E-state index in [1.54, 1.807) is 28.1 Å². The number of ether oxygens (including phenoxy) is 1. The first-order valence-electron chi connectivity index (χ1n) is 11.7. The second kappa shape index (κ2) is 9.47. The van der Waals surface area contributed by atoms with E-state index in [4.69, 9.17) is 4.74 Å². The second-order valence-electron chi connectivity index (χ2n) is 8.76. The van der Waals surface area contributed by atoms with Crippen molar-refractivity contribution in [2.75, 3.05) is 18.4 Å². The summed E-state index contributed by atoms with van der Waals surface area (Å²) in [6, 6.07) is 4.21. The van der Waals surface area contributed by atoms with Crippen molar-refractivity contribution < 1.29 is 9.53 Å². The third-order valence-electron chi connectivity index (χ3n) is 6.15. The van der Waals surface area contributed by atoms with Crippen molar-refractivity contribution in [2.24, 2.45) is 5.92 Å². The quantitative estimate of drug-likeness (QED) is 0.394. The Labute approximate surface area is 202 Å². The molecular weight excluding hydrogens is 446 g/mol. The van der Waals surface area contributed by atoms with Gasteiger partial charge in [0.15, 0.2) is 0 Å². The number of aryl methyl sites for hydroxylation is 1. The number of aromatic nitrogens is 5. The lowest BCUT2D eigenvalue weighted by Crippen LogP contribution is -2.45. The monoisotopic (exact) mass is 471 g/mol. The van der Waals surface area contributed by atoms with Crippen molar-refractivity contribution in [3.8, 4) is 18.0 Å². The number of carbonyl (C=O) groups is 1. The van der Waals surface area contributed by atoms with Crippen molar-refractivity contribution >= 4 is 28.6 Å². The molecule has 2 aliphatic rings. The Morgan fingerprint density at radius 1 is 1.34 bits per heavy atom. The Morgan fingerprint density at radius 3 is 2.91 bits per heavy atom. The molecule has 5 rings (SSSR count). The number of allylic oxidation sites excluding steroid dienone is 1. The van der Waals surface area contributed by atoms with E-state index < -0.39 is 0 Å². The van der Waals surface area contributed by atoms with Gasteiger partial charge in [0.05, 0.1) is 29.4 Å². The highest BCUT2D eigenvalue weighted by Crippen LogP contribution is 2.32. The van der Waals surface area contributed by atoms with E-state index in [0.29, 0.717) is 41.6 Å². The summed E-state index contributed by atoms with van der Waals surface area (Å²) >= 11 is 0. The van der Waals surface area contributed by atoms with Crippen LogP contribution < -0.4 is 10.1 Å². The van der Waals surface area contributed by atoms with Crippen LogP contribution in [0.25, 0.3) is 11.0 Å². The number of hydrogen-bond acceptors (Lipinski definition) is 8. The number of aromatic amines is 1. The van der Waals surface area contributed by atoms with Gasteiger partial charge in [-0.2, -0.15) is 25.6 Å². The third kappa shape index (κ3) is 4.80. The Balaban J connectivity index is 1.39. The number of rotatable bonds is 7. The Hall–Kier alpha value is -4.38. The molecule has 3 aromatic heterocycles. The SMILES string of the molecule is CCn1cc(Nc2nc(O[C@@H]3CCCN(C(=O)/C(C#N)=C/C4CC4)C3)c3c(C#N)c[nH]c3n2)cn1. The van der Waals surface area contributed by atoms with Gasteiger partial charge < -0.3 is 19.9 Å². The lowest BCUT2D eigenvalue weighted by Gasteiger charge is -2.32. The smallest absolute Gasteiger partial charge is 0.264 e. The first-order valence-corrected chi connectivity index (χ1v) is 11.7. The highest BCUT2D eigenvalue weighted by Gasteiger charge is 2.30. The van der Waals surface area contributed by atoms with E-state index in [1.165, 1.54) is 0 Å². The van der Waals surface area contributed by atoms with Crippen LogP contribution in [0.1, 0.15) is 38.2 Å². The van der Waals surface area contributed by atoms with Crippen molar-refractivity contribution in [3.63, 3.8) is 0 Å². The van der Waals surface area contributed by atoms with Gasteiger partial charge in [0.25, 0.3) is 5.91 Å². The van der Waals surface area contributed by atoms with Crippen molar-refractivity contribution in [1.82, 2.24) is 29.6 Å². The molecule has 0 unspecified atom stereocenters. The number of carbonyl (C=O) groups excluding carboxylic acids is 1. The van der Waals surface area contributed by atoms with Crippen LogP contribution in [0.15, 0.2) is 30.2 Å². The predicted molar refractivity (Wildman–Crippen MR) is 126 cm³/mol. The van der Waals surface area contributed by atoms with Gasteiger partial charge >= 0.3 is 0 Å². The highest BCUT2D eigenvalue weighted by atomic mass is 16.5. The number of nitrogens with one attached hydrogen (secondary N) is 2. The topological polar surface area (TPSA) is 149 Å². The van der Waals surface area contributed by atoms with Crippen LogP contribution in [0.4, 0.5) is 11.6 Å². The lowest BCUT2D eigenvalue weighted by molar-refractivity contribution is -0.129. The summed E-state index contributed by atoms with van der Waals surface area (Å²) in [4.78, 5) is 26.7. The number of nitrogens with zero attached hydrogens (tertiary/aromatic N) is 7. The van der Waals surface area contributed by atoms with E-state index in [-0.39, 0.29) is 23.5 Å². The summed E-state index contributed by atoms with van der Waals surface area (Å²) < 4.78 is 8.06. The van der Waals surface area contributed by atoms with Gasteiger partial charge in [0.1, 0.15) is 29.5 Å². The minimum atomic E-state index is -0.330. The van der Waals surface area contributed by atoms with E-state index in [9.17, 15) is 15.3 Å². The van der Waals surface area contributed by atoms with Gasteiger partial charge in [-0.3, -0.25) is 9.48 Å². The molecule has 2 N–H and O–H groups in total. The number of nitriles is 2. The minimum absolute atomic E-state index is 0.203. The van der Waals surface area contributed by atoms with Crippen LogP contribution in [0, 0.1) is 28.6 Å². The molecule has 1 saturated heterocycles. The minimum Gasteiger partial charge on any atom is -0.472 e. The Morgan fingerprint density at radius 2 is 2.20 bits per heavy atom. The number of piperidine rings is 1. The van der Waals surface area contributed by atoms with E-state index in [0.717, 1.165) is 37.9 Å². The van der Waals surface area contributed by atoms with E-state index >= 15 is 0 Å². The summed E-state index contributed by atoms with van der Waals surface area (Å²) in [6.07, 6.45) is 10.1. The summed E-state index contributed by atoms with van der Waals surface area (Å²) in [5.41, 5.74) is 1.78. The van der Waals surface area contributed by atoms with E-state index in [2.05, 4.69) is 37.5 Å². The van der Waals surface area contributed by atoms with Crippen molar-refractivity contribution in [3.05, 3.63) is 35.8 Å². The van der Waals surface area contributed by atoms with Gasteiger partial charge in [0, 0.05) is 25.5 Å². The molecule has 0 bridgehead atoms. The molecular formula is C24H25N9O2. The average Bonchev–Trinajstić information content (AvgIpc) is 3.41. The lowest BCUT2D eigenvalue weighted by atomic mass is 10.1. The molecule has 0 aromatic carbocycles. The fraction of sp³-hybridized carbons (Fsp3) is 0.417. The number of amides is 1. The van der Waals surface area contributed by atoms with Crippen molar-refractivity contribution in [1.29, 1.82) is 10.5 Å². The molecule has 1 amide bonds. The maximum Gasteiger partial charge on any atom is 0.264 e. The normalized spacial score (nSPS) is 18.2. The summed E-state index contributed by atoms with van der Waals surface area (Å²) in [5, 5.41) is 26.9. The Kier molecular flexibility index (Phi) is 6.06. The predicted octanol–water partition coefficient (Wildman–Crippen LogP) is 3.02. The molecule has 35 heavy (non-hydrogen) atoms. The zero-order chi connectivity index (χ0) is 24.4. The van der Waals surface area contributed by atoms with Gasteiger partial charge in [-0.1, -0.05) is 6.08 Å². The van der Waals surface area contributed by atoms with E-state index in [1.807, 2.05) is 13.1 Å². The molecule has 3 aromatic rings. The molecule has 4 heterocycles. The average molecular weight is 472 g/mol. The standard InChI is InChI=1S/C24H25N9O2/c1-2-33-13-18(12-28-33)29-24-30-21-20(17(10-26)11-27-21)22(31-24)35-19-4-3-7-32(14-19)23(34)16(9-25)8-15-5-6-15/h8,11-13,15,19H,2-7,14H2,1H3,(H2,27,29,30,31)/b16-8+/t19-/m1/s1. The summed E-state index contributed by atoms with van der Waals surface area (Å²) in [5.74, 6) is 0.659. The first kappa shape index (κ1) is 22.4. The molecule has 11 heteroatoms. The maximum absolute atomic E-state index is 12.9. The number of likely N-dealkylation sites (tertiary alicyclic amines) is 1. The molecule has 178 valence electrons. The molecule has 2 fully saturated rings. The fourth-order valence-corrected chi connectivity index (χ4v) is 4.16. The number of H-pyrrole nitrogens is 1. The molecule has 0 radical (unpaired) electrons. The molecule has 0 spiro atoms. The van der Waals surface area contributed by atoms with Crippen molar-refractivity contribution in [2.45, 2.75) is 45.3 Å². The first-order chi connectivity index (χ1) is 17.1. The van der Waals surface area contributed by atoms with Crippen LogP contribution in [0.2, 0.25) is 0 Å². The molecule has 1 atom stereocenters. The maximum atomic E-state index is 12.9. The van der Waals surface area contributed by atoms with Crippen LogP contribution in [0.3, 0.4) is 0 Å². The van der Waals surface area contributed by atoms with Gasteiger partial charge in [-0.25, -0.2) is 0 Å². The largest absolute Gasteiger partial charge is 0.472 e. The zero-order valence-corrected chi connectivity index (χ0v) is 19.4. The van der Waals surface area contributed by atoms with Gasteiger partial charge in [0.2, 0.25) is 11.8 Å². The molecule has 1 aliphatic carbocycles. The molecule has 11 nitrogen and oxygen atoms in total. The van der Waals surface area contributed by atoms with Gasteiger partial charge in [-0.05, 0) is 38.5 Å². The number of hydrogen-bond donors (Lipinski definition) is 2. The third-order valence-corrected chi connectivity index (χ3v) is 6.15. The van der Waals surface area contributed by atoms with Gasteiger partial charge in [-0.15, -0.1) is 0 Å². The number of anilines is 2. The Bertz CT molecular complexity index is 1370. The fourth-order valence-electron chi connectivity index (χ4n) is 4.16. The highest BCUT2D eigenvalue weighted by molar-refractivity contribution is 5.97. The molecule has 1 aliphatic heterocycles. The van der Waals surface area contributed by atoms with Crippen LogP contribution in [-0.2, 0) is 11.3 Å². The number of fused-ring (bicyclic) bond motifs is 1. The van der Waals surface area contributed by atoms with Crippen LogP contribution >= 0.6 is 0 Å². The summed E-state index contributed by atoms with van der Waals surface area (Å²) in [6.45, 7) is 3.64. The second-order valence-corrected chi connectivity index (χ2v) is 8.76.